The molecule has 0 atom stereocenters. The lowest BCUT2D eigenvalue weighted by molar-refractivity contribution is -0.113. The second kappa shape index (κ2) is 8.66. The number of aliphatic imine (C=N–C) groups is 1. The highest BCUT2D eigenvalue weighted by molar-refractivity contribution is 8.18. The van der Waals surface area contributed by atoms with Crippen LogP contribution < -0.4 is 0 Å². The maximum Gasteiger partial charge on any atom is 0.286 e. The number of hydrogen-bond acceptors (Lipinski definition) is 5. The van der Waals surface area contributed by atoms with Gasteiger partial charge in [0.2, 0.25) is 0 Å². The molecule has 5 nitrogen and oxygen atoms in total. The van der Waals surface area contributed by atoms with Crippen LogP contribution in [0.4, 0.5) is 0 Å². The summed E-state index contributed by atoms with van der Waals surface area (Å²) in [6.07, 6.45) is 5.50. The molecule has 4 rings (SSSR count). The third-order valence-corrected chi connectivity index (χ3v) is 6.41. The summed E-state index contributed by atoms with van der Waals surface area (Å²) in [6.45, 7) is 4.44. The fourth-order valence-corrected chi connectivity index (χ4v) is 4.41. The monoisotopic (exact) mass is 432 g/mol. The SMILES string of the molecule is O=C1N=C(N2CCN(Cc3cccnc3)CC2)S/C1=C\c1ccc(Cl)c(Cl)c1. The zero-order chi connectivity index (χ0) is 19.5. The van der Waals surface area contributed by atoms with E-state index in [0.29, 0.717) is 15.0 Å². The van der Waals surface area contributed by atoms with Crippen molar-refractivity contribution in [2.24, 2.45) is 4.99 Å². The molecule has 0 bridgehead atoms. The maximum absolute atomic E-state index is 12.3. The van der Waals surface area contributed by atoms with Gasteiger partial charge in [0, 0.05) is 45.1 Å². The van der Waals surface area contributed by atoms with Gasteiger partial charge in [-0.3, -0.25) is 14.7 Å². The summed E-state index contributed by atoms with van der Waals surface area (Å²) in [7, 11) is 0. The Morgan fingerprint density at radius 1 is 1.11 bits per heavy atom. The molecule has 0 saturated carbocycles. The zero-order valence-corrected chi connectivity index (χ0v) is 17.3. The molecule has 144 valence electrons. The number of halogens is 2. The van der Waals surface area contributed by atoms with E-state index in [4.69, 9.17) is 23.2 Å². The van der Waals surface area contributed by atoms with Gasteiger partial charge in [0.15, 0.2) is 5.17 Å². The van der Waals surface area contributed by atoms with Gasteiger partial charge in [-0.25, -0.2) is 0 Å². The van der Waals surface area contributed by atoms with Crippen molar-refractivity contribution in [3.8, 4) is 0 Å². The summed E-state index contributed by atoms with van der Waals surface area (Å²) >= 11 is 13.4. The molecule has 1 aromatic heterocycles. The van der Waals surface area contributed by atoms with E-state index < -0.39 is 0 Å². The quantitative estimate of drug-likeness (QED) is 0.680. The largest absolute Gasteiger partial charge is 0.348 e. The third-order valence-electron chi connectivity index (χ3n) is 4.62. The molecule has 2 aliphatic heterocycles. The fourth-order valence-electron chi connectivity index (χ4n) is 3.13. The second-order valence-corrected chi connectivity index (χ2v) is 8.43. The van der Waals surface area contributed by atoms with Crippen LogP contribution in [0.3, 0.4) is 0 Å². The molecule has 28 heavy (non-hydrogen) atoms. The summed E-state index contributed by atoms with van der Waals surface area (Å²) in [4.78, 5) is 25.9. The minimum absolute atomic E-state index is 0.205. The number of carbonyl (C=O) groups is 1. The van der Waals surface area contributed by atoms with Crippen LogP contribution in [0, 0.1) is 0 Å². The highest BCUT2D eigenvalue weighted by Crippen LogP contribution is 2.32. The standard InChI is InChI=1S/C20H18Cl2N4OS/c21-16-4-3-14(10-17(16)22)11-18-19(27)24-20(28-18)26-8-6-25(7-9-26)13-15-2-1-5-23-12-15/h1-5,10-12H,6-9,13H2/b18-11-. The fraction of sp³-hybridized carbons (Fsp3) is 0.250. The number of thioether (sulfide) groups is 1. The lowest BCUT2D eigenvalue weighted by Crippen LogP contribution is -2.47. The normalized spacial score (nSPS) is 19.4. The van der Waals surface area contributed by atoms with Crippen LogP contribution in [0.15, 0.2) is 52.6 Å². The van der Waals surface area contributed by atoms with Crippen molar-refractivity contribution in [1.29, 1.82) is 0 Å². The average Bonchev–Trinajstić information content (AvgIpc) is 3.06. The van der Waals surface area contributed by atoms with E-state index in [-0.39, 0.29) is 5.91 Å². The number of amides is 1. The molecule has 1 saturated heterocycles. The second-order valence-electron chi connectivity index (χ2n) is 6.61. The zero-order valence-electron chi connectivity index (χ0n) is 15.0. The lowest BCUT2D eigenvalue weighted by Gasteiger charge is -2.35. The number of rotatable bonds is 3. The molecule has 1 aromatic carbocycles. The van der Waals surface area contributed by atoms with E-state index in [9.17, 15) is 4.79 Å². The minimum atomic E-state index is -0.205. The van der Waals surface area contributed by atoms with Crippen LogP contribution >= 0.6 is 35.0 Å². The van der Waals surface area contributed by atoms with Crippen LogP contribution in [0.5, 0.6) is 0 Å². The summed E-state index contributed by atoms with van der Waals surface area (Å²) in [5.74, 6) is -0.205. The molecule has 1 amide bonds. The number of pyridine rings is 1. The van der Waals surface area contributed by atoms with Crippen molar-refractivity contribution >= 4 is 52.1 Å². The number of aromatic nitrogens is 1. The van der Waals surface area contributed by atoms with E-state index in [2.05, 4.69) is 25.8 Å². The smallest absolute Gasteiger partial charge is 0.286 e. The number of hydrogen-bond donors (Lipinski definition) is 0. The van der Waals surface area contributed by atoms with Crippen LogP contribution in [-0.4, -0.2) is 52.0 Å². The Labute approximate surface area is 178 Å². The van der Waals surface area contributed by atoms with Gasteiger partial charge in [0.05, 0.1) is 15.0 Å². The molecular formula is C20H18Cl2N4OS. The Balaban J connectivity index is 1.36. The Morgan fingerprint density at radius 2 is 1.93 bits per heavy atom. The predicted molar refractivity (Wildman–Crippen MR) is 116 cm³/mol. The van der Waals surface area contributed by atoms with Crippen LogP contribution in [0.2, 0.25) is 10.0 Å². The van der Waals surface area contributed by atoms with Crippen LogP contribution in [0.25, 0.3) is 6.08 Å². The van der Waals surface area contributed by atoms with E-state index in [1.54, 1.807) is 18.3 Å². The summed E-state index contributed by atoms with van der Waals surface area (Å²) in [5.41, 5.74) is 2.05. The number of piperazine rings is 1. The first-order chi connectivity index (χ1) is 13.6. The molecule has 3 heterocycles. The topological polar surface area (TPSA) is 48.8 Å². The first kappa shape index (κ1) is 19.5. The van der Waals surface area contributed by atoms with Gasteiger partial charge >= 0.3 is 0 Å². The van der Waals surface area contributed by atoms with Gasteiger partial charge in [-0.2, -0.15) is 4.99 Å². The van der Waals surface area contributed by atoms with Gasteiger partial charge in [-0.05, 0) is 47.2 Å². The van der Waals surface area contributed by atoms with Crippen molar-refractivity contribution < 1.29 is 4.79 Å². The highest BCUT2D eigenvalue weighted by atomic mass is 35.5. The van der Waals surface area contributed by atoms with E-state index in [1.807, 2.05) is 24.4 Å². The molecule has 8 heteroatoms. The molecule has 0 radical (unpaired) electrons. The molecule has 0 aliphatic carbocycles. The first-order valence-corrected chi connectivity index (χ1v) is 10.5. The van der Waals surface area contributed by atoms with Crippen molar-refractivity contribution in [3.05, 3.63) is 68.8 Å². The van der Waals surface area contributed by atoms with Gasteiger partial charge in [-0.1, -0.05) is 35.3 Å². The maximum atomic E-state index is 12.3. The van der Waals surface area contributed by atoms with Gasteiger partial charge in [-0.15, -0.1) is 0 Å². The molecule has 2 aliphatic rings. The first-order valence-electron chi connectivity index (χ1n) is 8.92. The predicted octanol–water partition coefficient (Wildman–Crippen LogP) is 4.18. The van der Waals surface area contributed by atoms with Crippen molar-refractivity contribution in [2.75, 3.05) is 26.2 Å². The van der Waals surface area contributed by atoms with Gasteiger partial charge in [0.25, 0.3) is 5.91 Å². The summed E-state index contributed by atoms with van der Waals surface area (Å²) in [6, 6.07) is 9.37. The lowest BCUT2D eigenvalue weighted by atomic mass is 10.2. The summed E-state index contributed by atoms with van der Waals surface area (Å²) < 4.78 is 0. The molecular weight excluding hydrogens is 415 g/mol. The van der Waals surface area contributed by atoms with Gasteiger partial charge in [0.1, 0.15) is 0 Å². The van der Waals surface area contributed by atoms with Crippen molar-refractivity contribution in [3.63, 3.8) is 0 Å². The minimum Gasteiger partial charge on any atom is -0.348 e. The Bertz CT molecular complexity index is 940. The number of nitrogens with zero attached hydrogens (tertiary/aromatic N) is 4. The van der Waals surface area contributed by atoms with Crippen molar-refractivity contribution in [1.82, 2.24) is 14.8 Å². The molecule has 0 N–H and O–H groups in total. The Kier molecular flexibility index (Phi) is 6.01. The summed E-state index contributed by atoms with van der Waals surface area (Å²) in [5, 5.41) is 1.74. The average molecular weight is 433 g/mol. The van der Waals surface area contributed by atoms with E-state index in [1.165, 1.54) is 17.3 Å². The Morgan fingerprint density at radius 3 is 2.64 bits per heavy atom. The molecule has 0 spiro atoms. The van der Waals surface area contributed by atoms with Crippen LogP contribution in [0.1, 0.15) is 11.1 Å². The van der Waals surface area contributed by atoms with Crippen molar-refractivity contribution in [2.45, 2.75) is 6.54 Å². The van der Waals surface area contributed by atoms with E-state index in [0.717, 1.165) is 43.5 Å². The third kappa shape index (κ3) is 4.58. The molecule has 2 aromatic rings. The van der Waals surface area contributed by atoms with Crippen LogP contribution in [-0.2, 0) is 11.3 Å². The number of benzene rings is 1. The molecule has 0 unspecified atom stereocenters. The number of amidine groups is 1. The number of carbonyl (C=O) groups excluding carboxylic acids is 1. The van der Waals surface area contributed by atoms with Gasteiger partial charge < -0.3 is 4.90 Å². The van der Waals surface area contributed by atoms with E-state index >= 15 is 0 Å². The highest BCUT2D eigenvalue weighted by Gasteiger charge is 2.28. The molecule has 1 fully saturated rings. The Hall–Kier alpha value is -1.86.